The predicted octanol–water partition coefficient (Wildman–Crippen LogP) is 2.72. The molecular formula is C20H22FN3O2. The van der Waals surface area contributed by atoms with Crippen molar-refractivity contribution in [3.63, 3.8) is 0 Å². The molecule has 0 bridgehead atoms. The van der Waals surface area contributed by atoms with Crippen LogP contribution >= 0.6 is 0 Å². The van der Waals surface area contributed by atoms with Gasteiger partial charge in [-0.05, 0) is 43.7 Å². The first-order valence-electron chi connectivity index (χ1n) is 8.64. The molecule has 0 radical (unpaired) electrons. The minimum absolute atomic E-state index is 0.00810. The second-order valence-corrected chi connectivity index (χ2v) is 6.57. The SMILES string of the molecule is CN(CC(=O)Nc1cccc(F)c1)[C@@H](C(=O)NC1CC1)c1ccccc1. The number of benzene rings is 2. The van der Waals surface area contributed by atoms with E-state index in [-0.39, 0.29) is 24.4 Å². The van der Waals surface area contributed by atoms with Crippen LogP contribution in [0, 0.1) is 5.82 Å². The molecule has 1 atom stereocenters. The lowest BCUT2D eigenvalue weighted by Gasteiger charge is -2.27. The molecule has 2 aromatic carbocycles. The summed E-state index contributed by atoms with van der Waals surface area (Å²) < 4.78 is 13.2. The topological polar surface area (TPSA) is 61.4 Å². The van der Waals surface area contributed by atoms with Crippen LogP contribution in [0.3, 0.4) is 0 Å². The molecule has 136 valence electrons. The van der Waals surface area contributed by atoms with Crippen LogP contribution in [-0.2, 0) is 9.59 Å². The lowest BCUT2D eigenvalue weighted by atomic mass is 10.0. The molecule has 6 heteroatoms. The Hall–Kier alpha value is -2.73. The Morgan fingerprint density at radius 1 is 1.15 bits per heavy atom. The lowest BCUT2D eigenvalue weighted by molar-refractivity contribution is -0.127. The average molecular weight is 355 g/mol. The highest BCUT2D eigenvalue weighted by molar-refractivity contribution is 5.93. The molecule has 26 heavy (non-hydrogen) atoms. The maximum atomic E-state index is 13.2. The molecule has 2 N–H and O–H groups in total. The van der Waals surface area contributed by atoms with E-state index in [9.17, 15) is 14.0 Å². The van der Waals surface area contributed by atoms with E-state index in [0.717, 1.165) is 18.4 Å². The molecular weight excluding hydrogens is 333 g/mol. The summed E-state index contributed by atoms with van der Waals surface area (Å²) in [5.74, 6) is -0.833. The predicted molar refractivity (Wildman–Crippen MR) is 98.0 cm³/mol. The first kappa shape index (κ1) is 18.1. The Morgan fingerprint density at radius 3 is 2.54 bits per heavy atom. The van der Waals surface area contributed by atoms with Gasteiger partial charge in [-0.3, -0.25) is 14.5 Å². The van der Waals surface area contributed by atoms with Gasteiger partial charge in [0.15, 0.2) is 0 Å². The molecule has 0 spiro atoms. The molecule has 3 rings (SSSR count). The van der Waals surface area contributed by atoms with E-state index in [1.54, 1.807) is 18.0 Å². The van der Waals surface area contributed by atoms with E-state index in [4.69, 9.17) is 0 Å². The zero-order chi connectivity index (χ0) is 18.5. The number of nitrogens with one attached hydrogen (secondary N) is 2. The fourth-order valence-corrected chi connectivity index (χ4v) is 2.83. The highest BCUT2D eigenvalue weighted by Crippen LogP contribution is 2.24. The summed E-state index contributed by atoms with van der Waals surface area (Å²) in [6, 6.07) is 14.8. The van der Waals surface area contributed by atoms with Crippen molar-refractivity contribution in [3.8, 4) is 0 Å². The molecule has 0 aliphatic heterocycles. The molecule has 1 aliphatic rings. The summed E-state index contributed by atoms with van der Waals surface area (Å²) in [4.78, 5) is 26.7. The number of halogens is 1. The van der Waals surface area contributed by atoms with E-state index in [1.165, 1.54) is 18.2 Å². The van der Waals surface area contributed by atoms with E-state index in [1.807, 2.05) is 30.3 Å². The van der Waals surface area contributed by atoms with Crippen LogP contribution in [0.15, 0.2) is 54.6 Å². The number of anilines is 1. The van der Waals surface area contributed by atoms with Crippen molar-refractivity contribution >= 4 is 17.5 Å². The standard InChI is InChI=1S/C20H22FN3O2/c1-24(13-18(25)22-17-9-5-8-15(21)12-17)19(14-6-3-2-4-7-14)20(26)23-16-10-11-16/h2-9,12,16,19H,10-11,13H2,1H3,(H,22,25)(H,23,26)/t19-/m1/s1. The van der Waals surface area contributed by atoms with Crippen molar-refractivity contribution in [2.75, 3.05) is 18.9 Å². The van der Waals surface area contributed by atoms with Gasteiger partial charge in [0.25, 0.3) is 0 Å². The fourth-order valence-electron chi connectivity index (χ4n) is 2.83. The van der Waals surface area contributed by atoms with Gasteiger partial charge in [-0.1, -0.05) is 36.4 Å². The van der Waals surface area contributed by atoms with Gasteiger partial charge < -0.3 is 10.6 Å². The van der Waals surface area contributed by atoms with Gasteiger partial charge in [0, 0.05) is 11.7 Å². The van der Waals surface area contributed by atoms with Crippen molar-refractivity contribution in [2.45, 2.75) is 24.9 Å². The maximum absolute atomic E-state index is 13.2. The van der Waals surface area contributed by atoms with Crippen LogP contribution in [-0.4, -0.2) is 36.3 Å². The van der Waals surface area contributed by atoms with Crippen LogP contribution in [0.2, 0.25) is 0 Å². The normalized spacial score (nSPS) is 14.7. The van der Waals surface area contributed by atoms with Gasteiger partial charge in [-0.15, -0.1) is 0 Å². The van der Waals surface area contributed by atoms with Crippen molar-refractivity contribution in [2.24, 2.45) is 0 Å². The van der Waals surface area contributed by atoms with Crippen LogP contribution in [0.5, 0.6) is 0 Å². The maximum Gasteiger partial charge on any atom is 0.242 e. The van der Waals surface area contributed by atoms with Gasteiger partial charge in [0.1, 0.15) is 11.9 Å². The molecule has 1 saturated carbocycles. The van der Waals surface area contributed by atoms with Gasteiger partial charge in [0.2, 0.25) is 11.8 Å². The van der Waals surface area contributed by atoms with Crippen LogP contribution in [0.1, 0.15) is 24.4 Å². The Balaban J connectivity index is 1.69. The number of nitrogens with zero attached hydrogens (tertiary/aromatic N) is 1. The van der Waals surface area contributed by atoms with Crippen LogP contribution in [0.4, 0.5) is 10.1 Å². The molecule has 1 aliphatic carbocycles. The van der Waals surface area contributed by atoms with E-state index in [0.29, 0.717) is 5.69 Å². The summed E-state index contributed by atoms with van der Waals surface area (Å²) in [6.45, 7) is 0.00810. The van der Waals surface area contributed by atoms with E-state index in [2.05, 4.69) is 10.6 Å². The molecule has 0 unspecified atom stereocenters. The van der Waals surface area contributed by atoms with Crippen LogP contribution in [0.25, 0.3) is 0 Å². The third-order valence-electron chi connectivity index (χ3n) is 4.23. The third-order valence-corrected chi connectivity index (χ3v) is 4.23. The molecule has 2 aromatic rings. The van der Waals surface area contributed by atoms with Gasteiger partial charge in [-0.2, -0.15) is 0 Å². The molecule has 0 aromatic heterocycles. The average Bonchev–Trinajstić information content (AvgIpc) is 3.39. The Labute approximate surface area is 152 Å². The third kappa shape index (κ3) is 4.89. The van der Waals surface area contributed by atoms with Crippen molar-refractivity contribution in [3.05, 3.63) is 66.0 Å². The Morgan fingerprint density at radius 2 is 1.88 bits per heavy atom. The summed E-state index contributed by atoms with van der Waals surface area (Å²) in [7, 11) is 1.73. The summed E-state index contributed by atoms with van der Waals surface area (Å²) in [5.41, 5.74) is 1.22. The summed E-state index contributed by atoms with van der Waals surface area (Å²) >= 11 is 0. The van der Waals surface area contributed by atoms with Gasteiger partial charge in [0.05, 0.1) is 6.54 Å². The zero-order valence-corrected chi connectivity index (χ0v) is 14.6. The number of carbonyl (C=O) groups is 2. The second kappa shape index (κ2) is 8.10. The smallest absolute Gasteiger partial charge is 0.242 e. The van der Waals surface area contributed by atoms with Gasteiger partial charge in [-0.25, -0.2) is 4.39 Å². The van der Waals surface area contributed by atoms with Crippen LogP contribution < -0.4 is 10.6 Å². The molecule has 5 nitrogen and oxygen atoms in total. The first-order valence-corrected chi connectivity index (χ1v) is 8.64. The highest BCUT2D eigenvalue weighted by atomic mass is 19.1. The zero-order valence-electron chi connectivity index (χ0n) is 14.6. The number of likely N-dealkylation sites (N-methyl/N-ethyl adjacent to an activating group) is 1. The second-order valence-electron chi connectivity index (χ2n) is 6.57. The van der Waals surface area contributed by atoms with Crippen molar-refractivity contribution < 1.29 is 14.0 Å². The Bertz CT molecular complexity index is 778. The number of amides is 2. The van der Waals surface area contributed by atoms with E-state index >= 15 is 0 Å². The van der Waals surface area contributed by atoms with Gasteiger partial charge >= 0.3 is 0 Å². The molecule has 0 heterocycles. The summed E-state index contributed by atoms with van der Waals surface area (Å²) in [6.07, 6.45) is 1.99. The molecule has 2 amide bonds. The monoisotopic (exact) mass is 355 g/mol. The number of carbonyl (C=O) groups excluding carboxylic acids is 2. The quantitative estimate of drug-likeness (QED) is 0.803. The largest absolute Gasteiger partial charge is 0.352 e. The summed E-state index contributed by atoms with van der Waals surface area (Å²) in [5, 5.41) is 5.66. The first-order chi connectivity index (χ1) is 12.5. The number of hydrogen-bond donors (Lipinski definition) is 2. The van der Waals surface area contributed by atoms with E-state index < -0.39 is 11.9 Å². The lowest BCUT2D eigenvalue weighted by Crippen LogP contribution is -2.42. The Kier molecular flexibility index (Phi) is 5.63. The fraction of sp³-hybridized carbons (Fsp3) is 0.300. The minimum atomic E-state index is -0.560. The highest BCUT2D eigenvalue weighted by Gasteiger charge is 2.31. The minimum Gasteiger partial charge on any atom is -0.352 e. The molecule has 1 fully saturated rings. The number of hydrogen-bond acceptors (Lipinski definition) is 3. The molecule has 0 saturated heterocycles. The van der Waals surface area contributed by atoms with Crippen molar-refractivity contribution in [1.29, 1.82) is 0 Å². The van der Waals surface area contributed by atoms with Crippen molar-refractivity contribution in [1.82, 2.24) is 10.2 Å². The number of rotatable bonds is 7.